The lowest BCUT2D eigenvalue weighted by Gasteiger charge is -2.14. The molecular formula is C11H15N3O4S. The Bertz CT molecular complexity index is 614. The second-order valence-corrected chi connectivity index (χ2v) is 7.08. The largest absolute Gasteiger partial charge is 0.478 e. The summed E-state index contributed by atoms with van der Waals surface area (Å²) in [6, 6.07) is 0. The maximum atomic E-state index is 12.1. The molecule has 3 N–H and O–H groups in total. The Morgan fingerprint density at radius 3 is 2.74 bits per heavy atom. The fourth-order valence-electron chi connectivity index (χ4n) is 2.53. The van der Waals surface area contributed by atoms with Gasteiger partial charge >= 0.3 is 5.97 Å². The summed E-state index contributed by atoms with van der Waals surface area (Å²) in [6.45, 7) is 0.387. The second-order valence-electron chi connectivity index (χ2n) is 5.38. The number of carboxylic acid groups (broad SMARTS) is 1. The van der Waals surface area contributed by atoms with Crippen LogP contribution in [-0.4, -0.2) is 36.2 Å². The van der Waals surface area contributed by atoms with Crippen LogP contribution in [0.1, 0.15) is 36.0 Å². The molecule has 0 aromatic carbocycles. The van der Waals surface area contributed by atoms with Crippen molar-refractivity contribution in [1.82, 2.24) is 14.9 Å². The number of H-pyrrole nitrogens is 1. The molecule has 1 heterocycles. The van der Waals surface area contributed by atoms with Crippen molar-refractivity contribution in [3.8, 4) is 0 Å². The zero-order valence-corrected chi connectivity index (χ0v) is 11.0. The van der Waals surface area contributed by atoms with E-state index in [0.717, 1.165) is 19.0 Å². The van der Waals surface area contributed by atoms with Gasteiger partial charge in [0.1, 0.15) is 5.56 Å². The number of nitrogens with zero attached hydrogens (tertiary/aromatic N) is 1. The monoisotopic (exact) mass is 285 g/mol. The highest BCUT2D eigenvalue weighted by Gasteiger charge is 2.53. The molecule has 0 amide bonds. The Hall–Kier alpha value is -1.41. The van der Waals surface area contributed by atoms with Gasteiger partial charge < -0.3 is 5.11 Å². The van der Waals surface area contributed by atoms with Crippen molar-refractivity contribution in [1.29, 1.82) is 0 Å². The lowest BCUT2D eigenvalue weighted by molar-refractivity contribution is 0.0692. The van der Waals surface area contributed by atoms with Gasteiger partial charge in [0.15, 0.2) is 5.03 Å². The van der Waals surface area contributed by atoms with Crippen molar-refractivity contribution in [2.24, 2.45) is 11.3 Å². The zero-order valence-electron chi connectivity index (χ0n) is 10.2. The topological polar surface area (TPSA) is 112 Å². The summed E-state index contributed by atoms with van der Waals surface area (Å²) < 4.78 is 26.7. The molecule has 7 nitrogen and oxygen atoms in total. The van der Waals surface area contributed by atoms with Crippen LogP contribution in [0.3, 0.4) is 0 Å². The Balaban J connectivity index is 1.75. The number of hydrogen-bond acceptors (Lipinski definition) is 4. The van der Waals surface area contributed by atoms with Crippen LogP contribution in [0.25, 0.3) is 0 Å². The molecule has 104 valence electrons. The smallest absolute Gasteiger partial charge is 0.340 e. The molecule has 0 saturated heterocycles. The third kappa shape index (κ3) is 2.25. The van der Waals surface area contributed by atoms with Gasteiger partial charge in [0.2, 0.25) is 0 Å². The first-order valence-corrected chi connectivity index (χ1v) is 7.69. The number of nitrogens with one attached hydrogen (secondary N) is 2. The van der Waals surface area contributed by atoms with E-state index in [4.69, 9.17) is 5.11 Å². The Morgan fingerprint density at radius 2 is 2.21 bits per heavy atom. The number of hydrogen-bond donors (Lipinski definition) is 3. The number of sulfonamides is 1. The van der Waals surface area contributed by atoms with Crippen LogP contribution in [0.2, 0.25) is 0 Å². The van der Waals surface area contributed by atoms with Gasteiger partial charge in [-0.3, -0.25) is 5.10 Å². The molecule has 2 saturated carbocycles. The van der Waals surface area contributed by atoms with Gasteiger partial charge in [-0.1, -0.05) is 0 Å². The maximum Gasteiger partial charge on any atom is 0.340 e. The van der Waals surface area contributed by atoms with E-state index in [9.17, 15) is 13.2 Å². The molecule has 0 spiro atoms. The van der Waals surface area contributed by atoms with Crippen LogP contribution in [-0.2, 0) is 10.0 Å². The number of carboxylic acids is 1. The fraction of sp³-hybridized carbons (Fsp3) is 0.636. The van der Waals surface area contributed by atoms with Crippen LogP contribution in [0.15, 0.2) is 11.2 Å². The van der Waals surface area contributed by atoms with E-state index in [1.807, 2.05) is 0 Å². The molecular weight excluding hydrogens is 270 g/mol. The molecule has 19 heavy (non-hydrogen) atoms. The molecule has 0 bridgehead atoms. The SMILES string of the molecule is O=C(O)c1cn[nH]c1S(=O)(=O)NCC1(C2CC2)CC1. The minimum atomic E-state index is -3.84. The summed E-state index contributed by atoms with van der Waals surface area (Å²) in [5, 5.41) is 14.3. The third-order valence-electron chi connectivity index (χ3n) is 4.05. The number of rotatable bonds is 6. The van der Waals surface area contributed by atoms with Crippen LogP contribution < -0.4 is 4.72 Å². The molecule has 2 aliphatic carbocycles. The minimum Gasteiger partial charge on any atom is -0.478 e. The minimum absolute atomic E-state index is 0.122. The predicted molar refractivity (Wildman–Crippen MR) is 65.1 cm³/mol. The van der Waals surface area contributed by atoms with E-state index >= 15 is 0 Å². The first-order valence-electron chi connectivity index (χ1n) is 6.21. The van der Waals surface area contributed by atoms with Gasteiger partial charge in [-0.25, -0.2) is 17.9 Å². The molecule has 8 heteroatoms. The summed E-state index contributed by atoms with van der Waals surface area (Å²) in [6.07, 6.45) is 5.45. The summed E-state index contributed by atoms with van der Waals surface area (Å²) in [5.41, 5.74) is -0.208. The average molecular weight is 285 g/mol. The van der Waals surface area contributed by atoms with Crippen molar-refractivity contribution in [3.05, 3.63) is 11.8 Å². The first-order chi connectivity index (χ1) is 8.95. The quantitative estimate of drug-likeness (QED) is 0.707. The summed E-state index contributed by atoms with van der Waals surface area (Å²) in [5.74, 6) is -0.673. The normalized spacial score (nSPS) is 21.3. The Kier molecular flexibility index (Phi) is 2.68. The van der Waals surface area contributed by atoms with E-state index in [2.05, 4.69) is 14.9 Å². The number of aromatic amines is 1. The number of aromatic carboxylic acids is 1. The van der Waals surface area contributed by atoms with Crippen LogP contribution in [0.5, 0.6) is 0 Å². The highest BCUT2D eigenvalue weighted by Crippen LogP contribution is 2.60. The molecule has 2 fully saturated rings. The molecule has 1 aromatic rings. The lowest BCUT2D eigenvalue weighted by atomic mass is 10.0. The lowest BCUT2D eigenvalue weighted by Crippen LogP contribution is -2.32. The molecule has 0 atom stereocenters. The highest BCUT2D eigenvalue weighted by molar-refractivity contribution is 7.89. The van der Waals surface area contributed by atoms with E-state index in [-0.39, 0.29) is 16.0 Å². The summed E-state index contributed by atoms with van der Waals surface area (Å²) >= 11 is 0. The van der Waals surface area contributed by atoms with E-state index < -0.39 is 16.0 Å². The molecule has 0 unspecified atom stereocenters. The zero-order chi connectivity index (χ0) is 13.7. The van der Waals surface area contributed by atoms with Gasteiger partial charge in [-0.2, -0.15) is 5.10 Å². The maximum absolute atomic E-state index is 12.1. The van der Waals surface area contributed by atoms with Crippen molar-refractivity contribution in [2.45, 2.75) is 30.7 Å². The van der Waals surface area contributed by atoms with Crippen molar-refractivity contribution < 1.29 is 18.3 Å². The van der Waals surface area contributed by atoms with Crippen molar-refractivity contribution in [3.63, 3.8) is 0 Å². The molecule has 3 rings (SSSR count). The van der Waals surface area contributed by atoms with Gasteiger partial charge in [-0.05, 0) is 37.0 Å². The van der Waals surface area contributed by atoms with Gasteiger partial charge in [0, 0.05) is 6.54 Å². The average Bonchev–Trinajstić information content (AvgIpc) is 3.24. The van der Waals surface area contributed by atoms with Crippen LogP contribution in [0, 0.1) is 11.3 Å². The Morgan fingerprint density at radius 1 is 1.53 bits per heavy atom. The second kappa shape index (κ2) is 4.04. The highest BCUT2D eigenvalue weighted by atomic mass is 32.2. The molecule has 1 aromatic heterocycles. The molecule has 0 radical (unpaired) electrons. The fourth-order valence-corrected chi connectivity index (χ4v) is 3.75. The van der Waals surface area contributed by atoms with E-state index in [1.165, 1.54) is 12.8 Å². The van der Waals surface area contributed by atoms with Gasteiger partial charge in [-0.15, -0.1) is 0 Å². The van der Waals surface area contributed by atoms with Gasteiger partial charge in [0.05, 0.1) is 6.20 Å². The first kappa shape index (κ1) is 12.6. The van der Waals surface area contributed by atoms with Crippen molar-refractivity contribution in [2.75, 3.05) is 6.54 Å². The Labute approximate surface area is 110 Å². The predicted octanol–water partition coefficient (Wildman–Crippen LogP) is 0.576. The summed E-state index contributed by atoms with van der Waals surface area (Å²) in [4.78, 5) is 10.9. The third-order valence-corrected chi connectivity index (χ3v) is 5.43. The van der Waals surface area contributed by atoms with Crippen molar-refractivity contribution >= 4 is 16.0 Å². The summed E-state index contributed by atoms with van der Waals surface area (Å²) in [7, 11) is -3.84. The van der Waals surface area contributed by atoms with E-state index in [0.29, 0.717) is 12.5 Å². The standard InChI is InChI=1S/C11H15N3O4S/c15-10(16)8-5-12-14-9(8)19(17,18)13-6-11(3-4-11)7-1-2-7/h5,7,13H,1-4,6H2,(H,12,14)(H,15,16). The number of carbonyl (C=O) groups is 1. The van der Waals surface area contributed by atoms with Gasteiger partial charge in [0.25, 0.3) is 10.0 Å². The van der Waals surface area contributed by atoms with Crippen LogP contribution >= 0.6 is 0 Å². The number of aromatic nitrogens is 2. The van der Waals surface area contributed by atoms with E-state index in [1.54, 1.807) is 0 Å². The van der Waals surface area contributed by atoms with Crippen LogP contribution in [0.4, 0.5) is 0 Å². The molecule has 2 aliphatic rings. The molecule has 0 aliphatic heterocycles.